The fraction of sp³-hybridized carbons (Fsp3) is 0.690. The fourth-order valence-electron chi connectivity index (χ4n) is 6.28. The number of nitrogens with one attached hydrogen (secondary N) is 1. The minimum atomic E-state index is -0.624. The standard InChI is InChI=1S/C29H46N2O5.BrH/c1-27(2)19-28(3,4)21-29(5,20-27)30-24(32)14-15-25(33)36-23(17-31(6,7)8)16-26(34)35-18-22-12-10-9-11-13-22;/h9-13,23H,14-21H2,1-8H3;1H/t23-;/m0./s1. The molecule has 1 amide bonds. The molecular weight excluding hydrogens is 536 g/mol. The molecule has 0 aromatic heterocycles. The van der Waals surface area contributed by atoms with Gasteiger partial charge in [0.25, 0.3) is 0 Å². The van der Waals surface area contributed by atoms with Crippen molar-refractivity contribution in [3.05, 3.63) is 35.9 Å². The van der Waals surface area contributed by atoms with E-state index in [1.54, 1.807) is 0 Å². The Morgan fingerprint density at radius 2 is 1.46 bits per heavy atom. The van der Waals surface area contributed by atoms with Crippen LogP contribution in [0.5, 0.6) is 0 Å². The second-order valence-corrected chi connectivity index (χ2v) is 13.4. The molecule has 0 radical (unpaired) electrons. The van der Waals surface area contributed by atoms with E-state index < -0.39 is 18.0 Å². The number of carbonyl (C=O) groups is 3. The molecule has 1 saturated carbocycles. The molecule has 0 heterocycles. The van der Waals surface area contributed by atoms with Gasteiger partial charge in [-0.25, -0.2) is 0 Å². The molecule has 0 aliphatic heterocycles. The van der Waals surface area contributed by atoms with Gasteiger partial charge in [0, 0.05) is 12.0 Å². The summed E-state index contributed by atoms with van der Waals surface area (Å²) in [4.78, 5) is 37.8. The zero-order valence-corrected chi connectivity index (χ0v) is 25.6. The van der Waals surface area contributed by atoms with Crippen molar-refractivity contribution >= 4 is 17.8 Å². The summed E-state index contributed by atoms with van der Waals surface area (Å²) in [7, 11) is 5.91. The summed E-state index contributed by atoms with van der Waals surface area (Å²) in [6.45, 7) is 11.7. The van der Waals surface area contributed by atoms with Crippen LogP contribution in [-0.4, -0.2) is 61.7 Å². The predicted molar refractivity (Wildman–Crippen MR) is 141 cm³/mol. The number of halogens is 1. The van der Waals surface area contributed by atoms with Crippen LogP contribution in [-0.2, 0) is 30.5 Å². The summed E-state index contributed by atoms with van der Waals surface area (Å²) in [6.07, 6.45) is 2.29. The van der Waals surface area contributed by atoms with E-state index in [-0.39, 0.29) is 65.1 Å². The quantitative estimate of drug-likeness (QED) is 0.317. The van der Waals surface area contributed by atoms with Gasteiger partial charge in [-0.2, -0.15) is 0 Å². The lowest BCUT2D eigenvalue weighted by Crippen LogP contribution is -3.00. The lowest BCUT2D eigenvalue weighted by atomic mass is 9.59. The van der Waals surface area contributed by atoms with E-state index in [9.17, 15) is 14.4 Å². The smallest absolute Gasteiger partial charge is 0.310 e. The Morgan fingerprint density at radius 1 is 0.892 bits per heavy atom. The van der Waals surface area contributed by atoms with Crippen LogP contribution in [0, 0.1) is 10.8 Å². The highest BCUT2D eigenvalue weighted by Gasteiger charge is 2.45. The Hall–Kier alpha value is -1.93. The van der Waals surface area contributed by atoms with Gasteiger partial charge in [-0.05, 0) is 42.6 Å². The van der Waals surface area contributed by atoms with Crippen molar-refractivity contribution in [1.29, 1.82) is 0 Å². The molecule has 7 nitrogen and oxygen atoms in total. The first kappa shape index (κ1) is 33.1. The number of ether oxygens (including phenoxy) is 2. The third-order valence-electron chi connectivity index (χ3n) is 6.38. The van der Waals surface area contributed by atoms with E-state index in [0.29, 0.717) is 11.0 Å². The van der Waals surface area contributed by atoms with Crippen molar-refractivity contribution in [2.75, 3.05) is 27.7 Å². The molecule has 1 fully saturated rings. The molecule has 0 spiro atoms. The van der Waals surface area contributed by atoms with E-state index in [0.717, 1.165) is 24.8 Å². The summed E-state index contributed by atoms with van der Waals surface area (Å²) in [5, 5.41) is 3.19. The molecule has 37 heavy (non-hydrogen) atoms. The number of hydrogen-bond donors (Lipinski definition) is 1. The van der Waals surface area contributed by atoms with Crippen molar-refractivity contribution in [2.24, 2.45) is 10.8 Å². The lowest BCUT2D eigenvalue weighted by molar-refractivity contribution is -0.873. The van der Waals surface area contributed by atoms with Crippen molar-refractivity contribution in [3.8, 4) is 0 Å². The SMILES string of the molecule is CC1(C)CC(C)(C)CC(C)(NC(=O)CCC(=O)O[C@@H](CC(=O)OCc2ccccc2)C[N+](C)(C)C)C1.[Br-]. The number of amides is 1. The van der Waals surface area contributed by atoms with Gasteiger partial charge in [-0.1, -0.05) is 58.0 Å². The van der Waals surface area contributed by atoms with Crippen molar-refractivity contribution in [2.45, 2.75) is 91.4 Å². The number of quaternary nitrogens is 1. The summed E-state index contributed by atoms with van der Waals surface area (Å²) in [5.41, 5.74) is 0.864. The second kappa shape index (κ2) is 13.2. The van der Waals surface area contributed by atoms with Gasteiger partial charge in [-0.3, -0.25) is 14.4 Å². The van der Waals surface area contributed by atoms with Gasteiger partial charge in [-0.15, -0.1) is 0 Å². The normalized spacial score (nSPS) is 18.6. The van der Waals surface area contributed by atoms with Gasteiger partial charge in [0.15, 0.2) is 6.10 Å². The third kappa shape index (κ3) is 12.9. The van der Waals surface area contributed by atoms with Crippen molar-refractivity contribution in [3.63, 3.8) is 0 Å². The Balaban J connectivity index is 0.00000684. The Labute approximate surface area is 234 Å². The maximum absolute atomic E-state index is 12.8. The molecule has 8 heteroatoms. The summed E-state index contributed by atoms with van der Waals surface area (Å²) >= 11 is 0. The van der Waals surface area contributed by atoms with Gasteiger partial charge in [0.05, 0.1) is 34.0 Å². The summed E-state index contributed by atoms with van der Waals surface area (Å²) < 4.78 is 11.5. The van der Waals surface area contributed by atoms with Crippen molar-refractivity contribution < 1.29 is 45.3 Å². The molecule has 210 valence electrons. The predicted octanol–water partition coefficient (Wildman–Crippen LogP) is 1.63. The number of esters is 2. The number of likely N-dealkylation sites (N-methyl/N-ethyl adjacent to an activating group) is 1. The molecule has 0 saturated heterocycles. The van der Waals surface area contributed by atoms with E-state index in [2.05, 4.69) is 39.9 Å². The average molecular weight is 584 g/mol. The third-order valence-corrected chi connectivity index (χ3v) is 6.38. The number of benzene rings is 1. The minimum absolute atomic E-state index is 0. The van der Waals surface area contributed by atoms with Gasteiger partial charge in [0.1, 0.15) is 13.2 Å². The molecular formula is C29H47BrN2O5. The van der Waals surface area contributed by atoms with Crippen LogP contribution in [0.1, 0.15) is 78.7 Å². The highest BCUT2D eigenvalue weighted by Crippen LogP contribution is 2.49. The van der Waals surface area contributed by atoms with Crippen molar-refractivity contribution in [1.82, 2.24) is 5.32 Å². The number of rotatable bonds is 11. The highest BCUT2D eigenvalue weighted by molar-refractivity contribution is 5.82. The van der Waals surface area contributed by atoms with E-state index in [4.69, 9.17) is 9.47 Å². The van der Waals surface area contributed by atoms with Crippen LogP contribution in [0.3, 0.4) is 0 Å². The Morgan fingerprint density at radius 3 is 2.00 bits per heavy atom. The molecule has 1 aromatic carbocycles. The maximum Gasteiger partial charge on any atom is 0.310 e. The zero-order valence-electron chi connectivity index (χ0n) is 24.0. The van der Waals surface area contributed by atoms with Crippen LogP contribution in [0.15, 0.2) is 30.3 Å². The molecule has 1 aromatic rings. The molecule has 1 N–H and O–H groups in total. The number of hydrogen-bond acceptors (Lipinski definition) is 5. The first-order valence-electron chi connectivity index (χ1n) is 13.0. The van der Waals surface area contributed by atoms with Gasteiger partial charge < -0.3 is 36.3 Å². The Kier molecular flexibility index (Phi) is 11.8. The monoisotopic (exact) mass is 582 g/mol. The molecule has 1 aliphatic rings. The topological polar surface area (TPSA) is 81.7 Å². The Bertz CT molecular complexity index is 893. The molecule has 2 rings (SSSR count). The first-order valence-corrected chi connectivity index (χ1v) is 13.0. The number of carbonyl (C=O) groups excluding carboxylic acids is 3. The zero-order chi connectivity index (χ0) is 27.2. The van der Waals surface area contributed by atoms with E-state index in [1.807, 2.05) is 51.5 Å². The molecule has 1 atom stereocenters. The van der Waals surface area contributed by atoms with Crippen LogP contribution in [0.4, 0.5) is 0 Å². The molecule has 0 unspecified atom stereocenters. The summed E-state index contributed by atoms with van der Waals surface area (Å²) in [6, 6.07) is 9.45. The first-order chi connectivity index (χ1) is 16.5. The second-order valence-electron chi connectivity index (χ2n) is 13.4. The average Bonchev–Trinajstić information content (AvgIpc) is 2.67. The number of nitrogens with zero attached hydrogens (tertiary/aromatic N) is 1. The van der Waals surface area contributed by atoms with Gasteiger partial charge in [0.2, 0.25) is 5.91 Å². The van der Waals surface area contributed by atoms with Crippen LogP contribution in [0.25, 0.3) is 0 Å². The molecule has 0 bridgehead atoms. The fourth-order valence-corrected chi connectivity index (χ4v) is 6.28. The largest absolute Gasteiger partial charge is 1.00 e. The lowest BCUT2D eigenvalue weighted by Gasteiger charge is -2.51. The van der Waals surface area contributed by atoms with E-state index in [1.165, 1.54) is 0 Å². The highest BCUT2D eigenvalue weighted by atomic mass is 79.9. The molecule has 1 aliphatic carbocycles. The van der Waals surface area contributed by atoms with Crippen LogP contribution >= 0.6 is 0 Å². The van der Waals surface area contributed by atoms with Crippen LogP contribution < -0.4 is 22.3 Å². The summed E-state index contributed by atoms with van der Waals surface area (Å²) in [5.74, 6) is -1.04. The minimum Gasteiger partial charge on any atom is -1.00 e. The van der Waals surface area contributed by atoms with Gasteiger partial charge >= 0.3 is 11.9 Å². The maximum atomic E-state index is 12.8. The van der Waals surface area contributed by atoms with E-state index >= 15 is 0 Å². The van der Waals surface area contributed by atoms with Crippen LogP contribution in [0.2, 0.25) is 0 Å².